The number of aliphatic hydroxyl groups excluding tert-OH is 3. The zero-order chi connectivity index (χ0) is 18.0. The van der Waals surface area contributed by atoms with Gasteiger partial charge in [0.05, 0.1) is 12.2 Å². The SMILES string of the molecule is C=C(C)CCC(N)c1cn([C@@H]2O[C@H](CO)[C@@H](O)[C@H]2O)c(=S)[nH]c1=O. The lowest BCUT2D eigenvalue weighted by Gasteiger charge is -2.20. The number of rotatable bonds is 6. The molecule has 134 valence electrons. The predicted molar refractivity (Wildman–Crippen MR) is 89.9 cm³/mol. The van der Waals surface area contributed by atoms with Gasteiger partial charge in [0.1, 0.15) is 18.3 Å². The number of nitrogens with zero attached hydrogens (tertiary/aromatic N) is 1. The Morgan fingerprint density at radius 3 is 2.75 bits per heavy atom. The molecule has 6 N–H and O–H groups in total. The average molecular weight is 357 g/mol. The summed E-state index contributed by atoms with van der Waals surface area (Å²) in [6, 6.07) is -0.538. The molecular weight excluding hydrogens is 334 g/mol. The largest absolute Gasteiger partial charge is 0.394 e. The van der Waals surface area contributed by atoms with Crippen molar-refractivity contribution in [2.45, 2.75) is 50.3 Å². The van der Waals surface area contributed by atoms with Gasteiger partial charge in [-0.3, -0.25) is 14.3 Å². The summed E-state index contributed by atoms with van der Waals surface area (Å²) in [5.74, 6) is 0. The van der Waals surface area contributed by atoms with E-state index in [-0.39, 0.29) is 4.77 Å². The molecule has 1 saturated heterocycles. The van der Waals surface area contributed by atoms with Crippen molar-refractivity contribution in [3.63, 3.8) is 0 Å². The maximum Gasteiger partial charge on any atom is 0.256 e. The van der Waals surface area contributed by atoms with E-state index in [9.17, 15) is 20.1 Å². The van der Waals surface area contributed by atoms with E-state index in [4.69, 9.17) is 22.7 Å². The first kappa shape index (κ1) is 19.0. The number of aliphatic hydroxyl groups is 3. The highest BCUT2D eigenvalue weighted by atomic mass is 32.1. The van der Waals surface area contributed by atoms with Crippen molar-refractivity contribution in [3.8, 4) is 0 Å². The van der Waals surface area contributed by atoms with Crippen LogP contribution < -0.4 is 11.3 Å². The van der Waals surface area contributed by atoms with Gasteiger partial charge in [0, 0.05) is 12.2 Å². The average Bonchev–Trinajstić information content (AvgIpc) is 2.80. The molecule has 0 amide bonds. The van der Waals surface area contributed by atoms with Crippen LogP contribution >= 0.6 is 12.2 Å². The van der Waals surface area contributed by atoms with Crippen LogP contribution in [0.25, 0.3) is 0 Å². The minimum absolute atomic E-state index is 0.0330. The van der Waals surface area contributed by atoms with Crippen molar-refractivity contribution in [2.24, 2.45) is 5.73 Å². The van der Waals surface area contributed by atoms with Crippen LogP contribution in [0.3, 0.4) is 0 Å². The van der Waals surface area contributed by atoms with Gasteiger partial charge in [-0.2, -0.15) is 0 Å². The summed E-state index contributed by atoms with van der Waals surface area (Å²) < 4.78 is 6.82. The minimum Gasteiger partial charge on any atom is -0.394 e. The summed E-state index contributed by atoms with van der Waals surface area (Å²) in [4.78, 5) is 14.6. The van der Waals surface area contributed by atoms with E-state index in [1.54, 1.807) is 0 Å². The van der Waals surface area contributed by atoms with Gasteiger partial charge in [0.25, 0.3) is 5.56 Å². The molecule has 0 radical (unpaired) electrons. The topological polar surface area (TPSA) is 134 Å². The monoisotopic (exact) mass is 357 g/mol. The van der Waals surface area contributed by atoms with Crippen LogP contribution in [0.15, 0.2) is 23.1 Å². The molecule has 2 rings (SSSR count). The molecule has 1 unspecified atom stereocenters. The lowest BCUT2D eigenvalue weighted by molar-refractivity contribution is -0.0542. The minimum atomic E-state index is -1.29. The summed E-state index contributed by atoms with van der Waals surface area (Å²) in [6.07, 6.45) is -1.86. The van der Waals surface area contributed by atoms with E-state index in [0.717, 1.165) is 5.57 Å². The number of ether oxygens (including phenoxy) is 1. The van der Waals surface area contributed by atoms with Gasteiger partial charge >= 0.3 is 0 Å². The third-order valence-electron chi connectivity index (χ3n) is 4.07. The molecule has 9 heteroatoms. The Kier molecular flexibility index (Phi) is 6.07. The number of nitrogens with one attached hydrogen (secondary N) is 1. The number of hydrogen-bond donors (Lipinski definition) is 5. The molecule has 1 aromatic heterocycles. The second kappa shape index (κ2) is 7.68. The number of hydrogen-bond acceptors (Lipinski definition) is 7. The van der Waals surface area contributed by atoms with Gasteiger partial charge in [0.15, 0.2) is 11.0 Å². The molecule has 0 saturated carbocycles. The summed E-state index contributed by atoms with van der Waals surface area (Å²) >= 11 is 5.11. The fraction of sp³-hybridized carbons (Fsp3) is 0.600. The summed E-state index contributed by atoms with van der Waals surface area (Å²) in [5.41, 5.74) is 6.92. The first-order valence-corrected chi connectivity index (χ1v) is 8.04. The van der Waals surface area contributed by atoms with Crippen LogP contribution in [-0.2, 0) is 4.74 Å². The summed E-state index contributed by atoms with van der Waals surface area (Å²) in [6.45, 7) is 5.24. The second-order valence-corrected chi connectivity index (χ2v) is 6.47. The van der Waals surface area contributed by atoms with Crippen molar-refractivity contribution in [3.05, 3.63) is 39.0 Å². The molecule has 5 atom stereocenters. The molecule has 1 aliphatic heterocycles. The number of aromatic amines is 1. The summed E-state index contributed by atoms with van der Waals surface area (Å²) in [7, 11) is 0. The number of nitrogens with two attached hydrogens (primary N) is 1. The quantitative estimate of drug-likeness (QED) is 0.354. The zero-order valence-corrected chi connectivity index (χ0v) is 14.2. The van der Waals surface area contributed by atoms with Crippen LogP contribution in [0.5, 0.6) is 0 Å². The lowest BCUT2D eigenvalue weighted by atomic mass is 10.0. The van der Waals surface area contributed by atoms with Crippen LogP contribution in [0.2, 0.25) is 0 Å². The third-order valence-corrected chi connectivity index (χ3v) is 4.38. The van der Waals surface area contributed by atoms with E-state index >= 15 is 0 Å². The second-order valence-electron chi connectivity index (χ2n) is 6.08. The maximum absolute atomic E-state index is 12.1. The highest BCUT2D eigenvalue weighted by Crippen LogP contribution is 2.29. The first-order valence-electron chi connectivity index (χ1n) is 7.64. The standard InChI is InChI=1S/C15H23N3O5S/c1-7(2)3-4-9(16)8-5-18(15(24)17-13(8)22)14-12(21)11(20)10(6-19)23-14/h5,9-12,14,19-21H,1,3-4,6,16H2,2H3,(H,17,22,24)/t9?,10-,11-,12-,14-/m1/s1. The van der Waals surface area contributed by atoms with Crippen molar-refractivity contribution in [2.75, 3.05) is 6.61 Å². The number of aromatic nitrogens is 2. The van der Waals surface area contributed by atoms with E-state index in [0.29, 0.717) is 18.4 Å². The molecule has 2 heterocycles. The molecule has 0 aliphatic carbocycles. The third kappa shape index (κ3) is 3.82. The van der Waals surface area contributed by atoms with Gasteiger partial charge in [-0.1, -0.05) is 5.57 Å². The molecule has 0 bridgehead atoms. The predicted octanol–water partition coefficient (Wildman–Crippen LogP) is -0.127. The molecule has 1 aliphatic rings. The molecule has 0 spiro atoms. The molecule has 1 aromatic rings. The van der Waals surface area contributed by atoms with Crippen molar-refractivity contribution < 1.29 is 20.1 Å². The number of allylic oxidation sites excluding steroid dienone is 1. The summed E-state index contributed by atoms with van der Waals surface area (Å²) in [5, 5.41) is 29.2. The smallest absolute Gasteiger partial charge is 0.256 e. The maximum atomic E-state index is 12.1. The van der Waals surface area contributed by atoms with Gasteiger partial charge in [0.2, 0.25) is 0 Å². The van der Waals surface area contributed by atoms with Crippen molar-refractivity contribution in [1.82, 2.24) is 9.55 Å². The fourth-order valence-corrected chi connectivity index (χ4v) is 2.87. The Morgan fingerprint density at radius 1 is 1.54 bits per heavy atom. The van der Waals surface area contributed by atoms with Gasteiger partial charge in [-0.05, 0) is 32.0 Å². The highest BCUT2D eigenvalue weighted by Gasteiger charge is 2.43. The number of H-pyrrole nitrogens is 1. The molecule has 8 nitrogen and oxygen atoms in total. The van der Waals surface area contributed by atoms with Crippen LogP contribution in [-0.4, -0.2) is 49.8 Å². The Labute approximate surface area is 144 Å². The first-order chi connectivity index (χ1) is 11.3. The van der Waals surface area contributed by atoms with Gasteiger partial charge in [-0.15, -0.1) is 6.58 Å². The Hall–Kier alpha value is -1.36. The molecule has 24 heavy (non-hydrogen) atoms. The zero-order valence-electron chi connectivity index (χ0n) is 13.4. The molecular formula is C15H23N3O5S. The van der Waals surface area contributed by atoms with E-state index in [1.807, 2.05) is 6.92 Å². The normalized spacial score (nSPS) is 28.0. The fourth-order valence-electron chi connectivity index (χ4n) is 2.62. The van der Waals surface area contributed by atoms with Gasteiger partial charge < -0.3 is 25.8 Å². The van der Waals surface area contributed by atoms with Crippen LogP contribution in [0.1, 0.15) is 37.6 Å². The van der Waals surface area contributed by atoms with Crippen molar-refractivity contribution >= 4 is 12.2 Å². The Bertz CT molecular complexity index is 716. The van der Waals surface area contributed by atoms with Gasteiger partial charge in [-0.25, -0.2) is 0 Å². The Morgan fingerprint density at radius 2 is 2.21 bits per heavy atom. The van der Waals surface area contributed by atoms with Crippen LogP contribution in [0, 0.1) is 4.77 Å². The Balaban J connectivity index is 2.35. The van der Waals surface area contributed by atoms with E-state index in [2.05, 4.69) is 11.6 Å². The van der Waals surface area contributed by atoms with E-state index in [1.165, 1.54) is 10.8 Å². The van der Waals surface area contributed by atoms with Crippen molar-refractivity contribution in [1.29, 1.82) is 0 Å². The van der Waals surface area contributed by atoms with E-state index < -0.39 is 42.7 Å². The highest BCUT2D eigenvalue weighted by molar-refractivity contribution is 7.71. The van der Waals surface area contributed by atoms with Crippen LogP contribution in [0.4, 0.5) is 0 Å². The molecule has 1 fully saturated rings. The lowest BCUT2D eigenvalue weighted by Crippen LogP contribution is -2.34. The molecule has 0 aromatic carbocycles.